The average molecular weight is 387 g/mol. The number of rotatable bonds is 4. The van der Waals surface area contributed by atoms with Crippen LogP contribution in [0.15, 0.2) is 30.3 Å². The quantitative estimate of drug-likeness (QED) is 0.817. The predicted octanol–water partition coefficient (Wildman–Crippen LogP) is 0.519. The SMILES string of the molecule is CC(=O)N1CCC(C(=O)N2CC(=O)N(CCc3ccccc3)CC(O)C2)CC1. The van der Waals surface area contributed by atoms with Crippen molar-refractivity contribution < 1.29 is 19.5 Å². The molecule has 1 atom stereocenters. The number of aliphatic hydroxyl groups excluding tert-OH is 1. The minimum absolute atomic E-state index is 0.0115. The van der Waals surface area contributed by atoms with Crippen molar-refractivity contribution in [1.29, 1.82) is 0 Å². The molecule has 0 aliphatic carbocycles. The molecule has 0 radical (unpaired) electrons. The summed E-state index contributed by atoms with van der Waals surface area (Å²) < 4.78 is 0. The van der Waals surface area contributed by atoms with Gasteiger partial charge in [0.1, 0.15) is 0 Å². The highest BCUT2D eigenvalue weighted by atomic mass is 16.3. The van der Waals surface area contributed by atoms with Crippen molar-refractivity contribution in [1.82, 2.24) is 14.7 Å². The molecule has 1 N–H and O–H groups in total. The first-order valence-corrected chi connectivity index (χ1v) is 9.98. The van der Waals surface area contributed by atoms with Gasteiger partial charge in [-0.1, -0.05) is 30.3 Å². The second-order valence-corrected chi connectivity index (χ2v) is 7.73. The first kappa shape index (κ1) is 20.3. The summed E-state index contributed by atoms with van der Waals surface area (Å²) in [6.07, 6.45) is 1.19. The van der Waals surface area contributed by atoms with Gasteiger partial charge in [-0.3, -0.25) is 14.4 Å². The lowest BCUT2D eigenvalue weighted by Crippen LogP contribution is -2.46. The number of amides is 3. The Balaban J connectivity index is 1.57. The van der Waals surface area contributed by atoms with Gasteiger partial charge >= 0.3 is 0 Å². The Bertz CT molecular complexity index is 701. The third-order valence-electron chi connectivity index (χ3n) is 5.66. The van der Waals surface area contributed by atoms with E-state index in [0.29, 0.717) is 32.5 Å². The van der Waals surface area contributed by atoms with Crippen LogP contribution in [0.4, 0.5) is 0 Å². The summed E-state index contributed by atoms with van der Waals surface area (Å²) in [5, 5.41) is 10.4. The zero-order chi connectivity index (χ0) is 20.1. The van der Waals surface area contributed by atoms with Crippen molar-refractivity contribution in [2.45, 2.75) is 32.3 Å². The molecule has 1 aromatic rings. The van der Waals surface area contributed by atoms with Gasteiger partial charge in [0, 0.05) is 45.6 Å². The topological polar surface area (TPSA) is 81.2 Å². The molecule has 1 unspecified atom stereocenters. The summed E-state index contributed by atoms with van der Waals surface area (Å²) in [6.45, 7) is 3.64. The maximum atomic E-state index is 12.9. The van der Waals surface area contributed by atoms with E-state index in [4.69, 9.17) is 0 Å². The molecule has 3 amide bonds. The second-order valence-electron chi connectivity index (χ2n) is 7.73. The Morgan fingerprint density at radius 3 is 2.39 bits per heavy atom. The first-order valence-electron chi connectivity index (χ1n) is 9.98. The van der Waals surface area contributed by atoms with Crippen LogP contribution >= 0.6 is 0 Å². The highest BCUT2D eigenvalue weighted by Crippen LogP contribution is 2.21. The highest BCUT2D eigenvalue weighted by Gasteiger charge is 2.34. The van der Waals surface area contributed by atoms with E-state index in [-0.39, 0.29) is 43.3 Å². The van der Waals surface area contributed by atoms with Gasteiger partial charge < -0.3 is 19.8 Å². The number of carbonyl (C=O) groups excluding carboxylic acids is 3. The Kier molecular flexibility index (Phi) is 6.67. The van der Waals surface area contributed by atoms with E-state index < -0.39 is 6.10 Å². The normalized spacial score (nSPS) is 21.6. The van der Waals surface area contributed by atoms with E-state index in [2.05, 4.69) is 0 Å². The fourth-order valence-electron chi connectivity index (χ4n) is 3.99. The molecule has 0 bridgehead atoms. The second kappa shape index (κ2) is 9.19. The van der Waals surface area contributed by atoms with Crippen LogP contribution in [0.3, 0.4) is 0 Å². The lowest BCUT2D eigenvalue weighted by Gasteiger charge is -2.33. The van der Waals surface area contributed by atoms with Crippen molar-refractivity contribution in [2.24, 2.45) is 5.92 Å². The molecule has 2 saturated heterocycles. The summed E-state index contributed by atoms with van der Waals surface area (Å²) in [5.74, 6) is -0.366. The van der Waals surface area contributed by atoms with E-state index in [1.165, 1.54) is 11.8 Å². The third kappa shape index (κ3) is 5.10. The van der Waals surface area contributed by atoms with Crippen LogP contribution in [-0.2, 0) is 20.8 Å². The number of hydrogen-bond acceptors (Lipinski definition) is 4. The number of likely N-dealkylation sites (tertiary alicyclic amines) is 1. The van der Waals surface area contributed by atoms with Crippen molar-refractivity contribution >= 4 is 17.7 Å². The molecular formula is C21H29N3O4. The maximum absolute atomic E-state index is 12.9. The number of β-amino-alcohol motifs (C(OH)–C–C–N with tert-alkyl or cyclic N) is 1. The Labute approximate surface area is 165 Å². The maximum Gasteiger partial charge on any atom is 0.242 e. The van der Waals surface area contributed by atoms with Gasteiger partial charge in [-0.05, 0) is 24.8 Å². The molecule has 1 aromatic carbocycles. The number of carbonyl (C=O) groups is 3. The zero-order valence-corrected chi connectivity index (χ0v) is 16.4. The van der Waals surface area contributed by atoms with Gasteiger partial charge in [0.2, 0.25) is 17.7 Å². The number of aliphatic hydroxyl groups is 1. The largest absolute Gasteiger partial charge is 0.389 e. The monoisotopic (exact) mass is 387 g/mol. The molecule has 152 valence electrons. The van der Waals surface area contributed by atoms with E-state index in [9.17, 15) is 19.5 Å². The van der Waals surface area contributed by atoms with Gasteiger partial charge in [-0.15, -0.1) is 0 Å². The van der Waals surface area contributed by atoms with Crippen LogP contribution in [0.2, 0.25) is 0 Å². The summed E-state index contributed by atoms with van der Waals surface area (Å²) in [7, 11) is 0. The van der Waals surface area contributed by atoms with Crippen LogP contribution in [0, 0.1) is 5.92 Å². The van der Waals surface area contributed by atoms with Gasteiger partial charge in [0.25, 0.3) is 0 Å². The van der Waals surface area contributed by atoms with Gasteiger partial charge in [-0.25, -0.2) is 0 Å². The van der Waals surface area contributed by atoms with E-state index in [1.807, 2.05) is 30.3 Å². The van der Waals surface area contributed by atoms with Crippen molar-refractivity contribution in [3.05, 3.63) is 35.9 Å². The number of benzene rings is 1. The summed E-state index contributed by atoms with van der Waals surface area (Å²) in [4.78, 5) is 42.0. The summed E-state index contributed by atoms with van der Waals surface area (Å²) in [6, 6.07) is 9.91. The number of piperidine rings is 1. The van der Waals surface area contributed by atoms with Gasteiger partial charge in [0.05, 0.1) is 12.6 Å². The third-order valence-corrected chi connectivity index (χ3v) is 5.66. The Hall–Kier alpha value is -2.41. The van der Waals surface area contributed by atoms with E-state index in [1.54, 1.807) is 9.80 Å². The first-order chi connectivity index (χ1) is 13.4. The number of hydrogen-bond donors (Lipinski definition) is 1. The molecule has 0 saturated carbocycles. The molecule has 2 aliphatic heterocycles. The zero-order valence-electron chi connectivity index (χ0n) is 16.4. The van der Waals surface area contributed by atoms with Gasteiger partial charge in [-0.2, -0.15) is 0 Å². The molecular weight excluding hydrogens is 358 g/mol. The van der Waals surface area contributed by atoms with Crippen LogP contribution in [0.25, 0.3) is 0 Å². The Morgan fingerprint density at radius 2 is 1.75 bits per heavy atom. The Morgan fingerprint density at radius 1 is 1.07 bits per heavy atom. The number of nitrogens with zero attached hydrogens (tertiary/aromatic N) is 3. The fraction of sp³-hybridized carbons (Fsp3) is 0.571. The van der Waals surface area contributed by atoms with E-state index >= 15 is 0 Å². The molecule has 28 heavy (non-hydrogen) atoms. The summed E-state index contributed by atoms with van der Waals surface area (Å²) in [5.41, 5.74) is 1.14. The molecule has 2 heterocycles. The van der Waals surface area contributed by atoms with Crippen LogP contribution in [-0.4, -0.2) is 82.9 Å². The molecule has 7 heteroatoms. The van der Waals surface area contributed by atoms with Crippen LogP contribution in [0.1, 0.15) is 25.3 Å². The van der Waals surface area contributed by atoms with Crippen molar-refractivity contribution in [2.75, 3.05) is 39.3 Å². The average Bonchev–Trinajstić information content (AvgIpc) is 2.84. The lowest BCUT2D eigenvalue weighted by molar-refractivity contribution is -0.143. The molecule has 7 nitrogen and oxygen atoms in total. The molecule has 2 fully saturated rings. The van der Waals surface area contributed by atoms with Crippen LogP contribution in [0.5, 0.6) is 0 Å². The molecule has 2 aliphatic rings. The lowest BCUT2D eigenvalue weighted by atomic mass is 9.95. The highest BCUT2D eigenvalue weighted by molar-refractivity contribution is 5.86. The van der Waals surface area contributed by atoms with Crippen LogP contribution < -0.4 is 0 Å². The molecule has 0 aromatic heterocycles. The fourth-order valence-corrected chi connectivity index (χ4v) is 3.99. The minimum atomic E-state index is -0.747. The standard InChI is InChI=1S/C21H29N3O4/c1-16(25)22-11-8-18(9-12-22)21(28)24-14-19(26)13-23(20(27)15-24)10-7-17-5-3-2-4-6-17/h2-6,18-19,26H,7-15H2,1H3. The van der Waals surface area contributed by atoms with E-state index in [0.717, 1.165) is 12.0 Å². The predicted molar refractivity (Wildman–Crippen MR) is 104 cm³/mol. The van der Waals surface area contributed by atoms with Crippen molar-refractivity contribution in [3.63, 3.8) is 0 Å². The van der Waals surface area contributed by atoms with Crippen molar-refractivity contribution in [3.8, 4) is 0 Å². The summed E-state index contributed by atoms with van der Waals surface area (Å²) >= 11 is 0. The molecule has 0 spiro atoms. The van der Waals surface area contributed by atoms with Gasteiger partial charge in [0.15, 0.2) is 0 Å². The molecule has 3 rings (SSSR count). The smallest absolute Gasteiger partial charge is 0.242 e. The minimum Gasteiger partial charge on any atom is -0.389 e.